The molecule has 1 heterocycles. The van der Waals surface area contributed by atoms with Gasteiger partial charge in [-0.05, 0) is 17.7 Å². The molecule has 2 rings (SSSR count). The number of hydrazine groups is 1. The minimum Gasteiger partial charge on any atom is -0.271 e. The van der Waals surface area contributed by atoms with Crippen LogP contribution in [-0.4, -0.2) is 9.97 Å². The van der Waals surface area contributed by atoms with Crippen LogP contribution in [-0.2, 0) is 6.18 Å². The summed E-state index contributed by atoms with van der Waals surface area (Å²) >= 11 is 0. The van der Waals surface area contributed by atoms with E-state index in [1.165, 1.54) is 24.8 Å². The molecule has 0 bridgehead atoms. The maximum atomic E-state index is 12.7. The minimum atomic E-state index is -4.39. The van der Waals surface area contributed by atoms with Crippen molar-refractivity contribution < 1.29 is 13.2 Å². The summed E-state index contributed by atoms with van der Waals surface area (Å²) in [4.78, 5) is 7.64. The van der Waals surface area contributed by atoms with E-state index in [1.54, 1.807) is 6.07 Å². The lowest BCUT2D eigenvalue weighted by Gasteiger charge is -2.17. The number of aromatic nitrogens is 2. The molecule has 1 unspecified atom stereocenters. The Morgan fingerprint density at radius 1 is 1.11 bits per heavy atom. The molecule has 0 spiro atoms. The van der Waals surface area contributed by atoms with Crippen LogP contribution >= 0.6 is 0 Å². The Bertz CT molecular complexity index is 542. The average molecular weight is 268 g/mol. The van der Waals surface area contributed by atoms with Gasteiger partial charge in [-0.3, -0.25) is 5.84 Å². The molecule has 0 aliphatic carbocycles. The smallest absolute Gasteiger partial charge is 0.271 e. The summed E-state index contributed by atoms with van der Waals surface area (Å²) in [7, 11) is 0. The monoisotopic (exact) mass is 268 g/mol. The third kappa shape index (κ3) is 3.07. The van der Waals surface area contributed by atoms with Crippen LogP contribution in [0.5, 0.6) is 0 Å². The third-order valence-electron chi connectivity index (χ3n) is 2.63. The van der Waals surface area contributed by atoms with Gasteiger partial charge in [0.2, 0.25) is 0 Å². The van der Waals surface area contributed by atoms with Gasteiger partial charge in [-0.1, -0.05) is 12.1 Å². The van der Waals surface area contributed by atoms with E-state index < -0.39 is 17.8 Å². The lowest BCUT2D eigenvalue weighted by Crippen LogP contribution is -2.29. The maximum Gasteiger partial charge on any atom is 0.416 e. The highest BCUT2D eigenvalue weighted by atomic mass is 19.4. The molecule has 1 atom stereocenters. The topological polar surface area (TPSA) is 63.8 Å². The van der Waals surface area contributed by atoms with Gasteiger partial charge in [0.15, 0.2) is 0 Å². The zero-order chi connectivity index (χ0) is 13.9. The molecular formula is C12H11F3N4. The summed E-state index contributed by atoms with van der Waals surface area (Å²) in [6.45, 7) is 0. The first-order valence-corrected chi connectivity index (χ1v) is 5.40. The zero-order valence-corrected chi connectivity index (χ0v) is 9.72. The fraction of sp³-hybridized carbons (Fsp3) is 0.167. The number of nitrogens with zero attached hydrogens (tertiary/aromatic N) is 2. The van der Waals surface area contributed by atoms with Crippen molar-refractivity contribution in [2.24, 2.45) is 5.84 Å². The molecule has 100 valence electrons. The molecule has 0 fully saturated rings. The molecule has 0 amide bonds. The second-order valence-corrected chi connectivity index (χ2v) is 3.89. The summed E-state index contributed by atoms with van der Waals surface area (Å²) < 4.78 is 38.0. The lowest BCUT2D eigenvalue weighted by atomic mass is 10.00. The van der Waals surface area contributed by atoms with Crippen LogP contribution in [0.15, 0.2) is 43.0 Å². The Morgan fingerprint density at radius 3 is 2.37 bits per heavy atom. The van der Waals surface area contributed by atoms with E-state index in [0.29, 0.717) is 11.1 Å². The molecule has 7 heteroatoms. The first-order valence-electron chi connectivity index (χ1n) is 5.40. The molecule has 0 saturated heterocycles. The predicted molar refractivity (Wildman–Crippen MR) is 62.6 cm³/mol. The van der Waals surface area contributed by atoms with E-state index in [-0.39, 0.29) is 0 Å². The number of rotatable bonds is 3. The number of halogens is 3. The number of hydrogen-bond acceptors (Lipinski definition) is 4. The van der Waals surface area contributed by atoms with E-state index in [1.807, 2.05) is 0 Å². The summed E-state index contributed by atoms with van der Waals surface area (Å²) in [5.41, 5.74) is 2.73. The zero-order valence-electron chi connectivity index (χ0n) is 9.72. The molecule has 0 aliphatic heterocycles. The number of alkyl halides is 3. The number of benzene rings is 1. The van der Waals surface area contributed by atoms with Gasteiger partial charge in [-0.15, -0.1) is 0 Å². The van der Waals surface area contributed by atoms with Crippen LogP contribution in [0.2, 0.25) is 0 Å². The first-order chi connectivity index (χ1) is 9.02. The summed E-state index contributed by atoms with van der Waals surface area (Å²) in [6, 6.07) is 4.37. The van der Waals surface area contributed by atoms with Crippen molar-refractivity contribution in [1.82, 2.24) is 15.4 Å². The Morgan fingerprint density at radius 2 is 1.79 bits per heavy atom. The average Bonchev–Trinajstić information content (AvgIpc) is 2.40. The SMILES string of the molecule is NNC(c1cncnc1)c1cccc(C(F)(F)F)c1. The molecule has 0 aliphatic rings. The predicted octanol–water partition coefficient (Wildman–Crippen LogP) is 2.05. The van der Waals surface area contributed by atoms with Gasteiger partial charge in [-0.2, -0.15) is 13.2 Å². The van der Waals surface area contributed by atoms with Crippen molar-refractivity contribution in [1.29, 1.82) is 0 Å². The van der Waals surface area contributed by atoms with Crippen molar-refractivity contribution in [3.05, 3.63) is 59.7 Å². The summed E-state index contributed by atoms with van der Waals surface area (Å²) in [6.07, 6.45) is -0.0544. The maximum absolute atomic E-state index is 12.7. The third-order valence-corrected chi connectivity index (χ3v) is 2.63. The van der Waals surface area contributed by atoms with Crippen LogP contribution in [0.1, 0.15) is 22.7 Å². The van der Waals surface area contributed by atoms with Gasteiger partial charge in [-0.25, -0.2) is 15.4 Å². The van der Waals surface area contributed by atoms with Crippen LogP contribution in [0, 0.1) is 0 Å². The van der Waals surface area contributed by atoms with Gasteiger partial charge < -0.3 is 0 Å². The highest BCUT2D eigenvalue weighted by Crippen LogP contribution is 2.31. The molecule has 4 nitrogen and oxygen atoms in total. The number of hydrogen-bond donors (Lipinski definition) is 2. The van der Waals surface area contributed by atoms with Crippen LogP contribution in [0.4, 0.5) is 13.2 Å². The van der Waals surface area contributed by atoms with Crippen LogP contribution in [0.3, 0.4) is 0 Å². The fourth-order valence-electron chi connectivity index (χ4n) is 1.74. The molecular weight excluding hydrogens is 257 g/mol. The van der Waals surface area contributed by atoms with Crippen molar-refractivity contribution in [2.45, 2.75) is 12.2 Å². The molecule has 3 N–H and O–H groups in total. The van der Waals surface area contributed by atoms with Gasteiger partial charge in [0.05, 0.1) is 11.6 Å². The quantitative estimate of drug-likeness (QED) is 0.660. The van der Waals surface area contributed by atoms with E-state index in [0.717, 1.165) is 12.1 Å². The standard InChI is InChI=1S/C12H11F3N4/c13-12(14,15)10-3-1-2-8(4-10)11(19-16)9-5-17-7-18-6-9/h1-7,11,19H,16H2. The Hall–Kier alpha value is -1.99. The number of nitrogens with one attached hydrogen (secondary N) is 1. The number of nitrogens with two attached hydrogens (primary N) is 1. The molecule has 0 radical (unpaired) electrons. The van der Waals surface area contributed by atoms with Crippen molar-refractivity contribution in [3.63, 3.8) is 0 Å². The normalized spacial score (nSPS) is 13.3. The summed E-state index contributed by atoms with van der Waals surface area (Å²) in [5.74, 6) is 5.41. The minimum absolute atomic E-state index is 0.395. The van der Waals surface area contributed by atoms with Gasteiger partial charge in [0.25, 0.3) is 0 Å². The van der Waals surface area contributed by atoms with E-state index in [4.69, 9.17) is 5.84 Å². The highest BCUT2D eigenvalue weighted by molar-refractivity contribution is 5.33. The lowest BCUT2D eigenvalue weighted by molar-refractivity contribution is -0.137. The van der Waals surface area contributed by atoms with Gasteiger partial charge in [0.1, 0.15) is 6.33 Å². The first kappa shape index (κ1) is 13.4. The second kappa shape index (κ2) is 5.33. The summed E-state index contributed by atoms with van der Waals surface area (Å²) in [5, 5.41) is 0. The molecule has 0 saturated carbocycles. The Balaban J connectivity index is 2.40. The molecule has 19 heavy (non-hydrogen) atoms. The van der Waals surface area contributed by atoms with Crippen molar-refractivity contribution >= 4 is 0 Å². The van der Waals surface area contributed by atoms with E-state index in [9.17, 15) is 13.2 Å². The Kier molecular flexibility index (Phi) is 3.77. The fourth-order valence-corrected chi connectivity index (χ4v) is 1.74. The Labute approximate surface area is 107 Å². The molecule has 1 aromatic carbocycles. The highest BCUT2D eigenvalue weighted by Gasteiger charge is 2.31. The van der Waals surface area contributed by atoms with Gasteiger partial charge >= 0.3 is 6.18 Å². The molecule has 2 aromatic rings. The van der Waals surface area contributed by atoms with E-state index >= 15 is 0 Å². The van der Waals surface area contributed by atoms with Crippen LogP contribution < -0.4 is 11.3 Å². The second-order valence-electron chi connectivity index (χ2n) is 3.89. The van der Waals surface area contributed by atoms with Crippen LogP contribution in [0.25, 0.3) is 0 Å². The van der Waals surface area contributed by atoms with Crippen molar-refractivity contribution in [3.8, 4) is 0 Å². The largest absolute Gasteiger partial charge is 0.416 e. The van der Waals surface area contributed by atoms with Gasteiger partial charge in [0, 0.05) is 18.0 Å². The van der Waals surface area contributed by atoms with E-state index in [2.05, 4.69) is 15.4 Å². The molecule has 1 aromatic heterocycles. The van der Waals surface area contributed by atoms with Crippen molar-refractivity contribution in [2.75, 3.05) is 0 Å².